The zero-order chi connectivity index (χ0) is 27.1. The summed E-state index contributed by atoms with van der Waals surface area (Å²) in [5.74, 6) is -13.1. The van der Waals surface area contributed by atoms with Crippen molar-refractivity contribution in [2.24, 2.45) is 0 Å². The maximum atomic E-state index is 11.6. The van der Waals surface area contributed by atoms with Crippen molar-refractivity contribution in [3.8, 4) is 22.3 Å². The van der Waals surface area contributed by atoms with E-state index in [9.17, 15) is 39.5 Å². The Morgan fingerprint density at radius 3 is 1.67 bits per heavy atom. The molecule has 1 aliphatic carbocycles. The highest BCUT2D eigenvalue weighted by atomic mass is 19.4. The Bertz CT molecular complexity index is 1200. The van der Waals surface area contributed by atoms with Gasteiger partial charge in [-0.1, -0.05) is 87.5 Å². The van der Waals surface area contributed by atoms with Crippen molar-refractivity contribution >= 4 is 0 Å². The van der Waals surface area contributed by atoms with Crippen molar-refractivity contribution in [3.05, 3.63) is 83.4 Å². The van der Waals surface area contributed by atoms with Gasteiger partial charge in [-0.3, -0.25) is 0 Å². The number of rotatable bonds is 3. The van der Waals surface area contributed by atoms with Crippen molar-refractivity contribution < 1.29 is 39.5 Å². The van der Waals surface area contributed by atoms with Gasteiger partial charge in [0.05, 0.1) is 0 Å². The first-order chi connectivity index (χ1) is 16.5. The molecule has 0 fully saturated rings. The molecule has 36 heavy (non-hydrogen) atoms. The predicted octanol–water partition coefficient (Wildman–Crippen LogP) is 9.31. The standard InChI is InChI=1S/C23H22.C4HF9/c1-23(2,3)18-13-11-16(12-14-18)19-9-6-10-21-20-8-5-4-7-17(20)15-22(19)21;5-1(6)2(7,8)3(9,10)4(11,12)13/h4-14H,15H2,1-3H3;1H. The SMILES string of the molecule is CC(C)(C)c1ccc(-c2cccc3c2Cc2ccccc2-3)cc1.FC(F)C(F)(F)C(F)(F)C(F)(F)F. The fraction of sp³-hybridized carbons (Fsp3) is 0.333. The Morgan fingerprint density at radius 1 is 0.639 bits per heavy atom. The largest absolute Gasteiger partial charge is 0.460 e. The summed E-state index contributed by atoms with van der Waals surface area (Å²) in [5.41, 5.74) is 10.00. The molecule has 4 rings (SSSR count). The van der Waals surface area contributed by atoms with Gasteiger partial charge in [0.15, 0.2) is 0 Å². The average Bonchev–Trinajstić information content (AvgIpc) is 3.17. The lowest BCUT2D eigenvalue weighted by atomic mass is 9.85. The fourth-order valence-electron chi connectivity index (χ4n) is 3.90. The highest BCUT2D eigenvalue weighted by molar-refractivity contribution is 5.84. The van der Waals surface area contributed by atoms with Gasteiger partial charge < -0.3 is 0 Å². The van der Waals surface area contributed by atoms with Crippen LogP contribution in [0.3, 0.4) is 0 Å². The zero-order valence-corrected chi connectivity index (χ0v) is 19.5. The molecule has 0 saturated heterocycles. The Balaban J connectivity index is 0.000000240. The van der Waals surface area contributed by atoms with Gasteiger partial charge in [0.2, 0.25) is 0 Å². The molecule has 3 aromatic carbocycles. The topological polar surface area (TPSA) is 0 Å². The Labute approximate surface area is 202 Å². The fourth-order valence-corrected chi connectivity index (χ4v) is 3.90. The Morgan fingerprint density at radius 2 is 1.17 bits per heavy atom. The smallest absolute Gasteiger partial charge is 0.203 e. The molecule has 0 spiro atoms. The van der Waals surface area contributed by atoms with E-state index in [0.717, 1.165) is 6.42 Å². The van der Waals surface area contributed by atoms with E-state index in [0.29, 0.717) is 0 Å². The molecule has 0 unspecified atom stereocenters. The second-order valence-electron chi connectivity index (χ2n) is 9.49. The lowest BCUT2D eigenvalue weighted by Crippen LogP contribution is -2.55. The van der Waals surface area contributed by atoms with Gasteiger partial charge >= 0.3 is 24.4 Å². The number of alkyl halides is 9. The van der Waals surface area contributed by atoms with E-state index in [2.05, 4.69) is 87.5 Å². The molecule has 0 nitrogen and oxygen atoms in total. The van der Waals surface area contributed by atoms with Gasteiger partial charge in [-0.05, 0) is 50.8 Å². The summed E-state index contributed by atoms with van der Waals surface area (Å²) >= 11 is 0. The Kier molecular flexibility index (Phi) is 7.27. The minimum Gasteiger partial charge on any atom is -0.203 e. The Hall–Kier alpha value is -2.97. The molecule has 194 valence electrons. The molecule has 0 aliphatic heterocycles. The van der Waals surface area contributed by atoms with E-state index in [1.165, 1.54) is 38.9 Å². The summed E-state index contributed by atoms with van der Waals surface area (Å²) in [6, 6.07) is 24.6. The molecule has 3 aromatic rings. The van der Waals surface area contributed by atoms with E-state index in [1.54, 1.807) is 0 Å². The zero-order valence-electron chi connectivity index (χ0n) is 19.5. The first-order valence-corrected chi connectivity index (χ1v) is 10.9. The number of hydrogen-bond acceptors (Lipinski definition) is 0. The molecule has 0 aromatic heterocycles. The van der Waals surface area contributed by atoms with Crippen molar-refractivity contribution in [2.75, 3.05) is 0 Å². The summed E-state index contributed by atoms with van der Waals surface area (Å²) in [7, 11) is 0. The summed E-state index contributed by atoms with van der Waals surface area (Å²) in [6.07, 6.45) is -10.7. The van der Waals surface area contributed by atoms with Gasteiger partial charge in [0, 0.05) is 0 Å². The molecule has 0 saturated carbocycles. The number of fused-ring (bicyclic) bond motifs is 3. The van der Waals surface area contributed by atoms with E-state index in [-0.39, 0.29) is 5.41 Å². The predicted molar refractivity (Wildman–Crippen MR) is 121 cm³/mol. The van der Waals surface area contributed by atoms with Crippen molar-refractivity contribution in [1.29, 1.82) is 0 Å². The average molecular weight is 518 g/mol. The highest BCUT2D eigenvalue weighted by Crippen LogP contribution is 2.49. The lowest BCUT2D eigenvalue weighted by molar-refractivity contribution is -0.375. The van der Waals surface area contributed by atoms with E-state index < -0.39 is 24.4 Å². The molecule has 0 amide bonds. The van der Waals surface area contributed by atoms with Gasteiger partial charge in [-0.15, -0.1) is 0 Å². The molecule has 0 atom stereocenters. The summed E-state index contributed by atoms with van der Waals surface area (Å²) in [5, 5.41) is 0. The van der Waals surface area contributed by atoms with Crippen LogP contribution in [0.15, 0.2) is 66.7 Å². The van der Waals surface area contributed by atoms with Crippen LogP contribution in [0.4, 0.5) is 39.5 Å². The normalized spacial score (nSPS) is 13.7. The number of halogens is 9. The third-order valence-electron chi connectivity index (χ3n) is 5.96. The van der Waals surface area contributed by atoms with Gasteiger partial charge in [0.1, 0.15) is 0 Å². The van der Waals surface area contributed by atoms with Crippen LogP contribution in [0.5, 0.6) is 0 Å². The number of hydrogen-bond donors (Lipinski definition) is 0. The van der Waals surface area contributed by atoms with E-state index in [1.807, 2.05) is 0 Å². The minimum absolute atomic E-state index is 0.202. The second-order valence-corrected chi connectivity index (χ2v) is 9.49. The maximum absolute atomic E-state index is 11.6. The van der Waals surface area contributed by atoms with Crippen LogP contribution in [-0.4, -0.2) is 24.4 Å². The molecule has 1 aliphatic rings. The van der Waals surface area contributed by atoms with Crippen LogP contribution >= 0.6 is 0 Å². The third-order valence-corrected chi connectivity index (χ3v) is 5.96. The van der Waals surface area contributed by atoms with E-state index >= 15 is 0 Å². The van der Waals surface area contributed by atoms with Gasteiger partial charge in [0.25, 0.3) is 0 Å². The maximum Gasteiger partial charge on any atom is 0.460 e. The number of benzene rings is 3. The van der Waals surface area contributed by atoms with Crippen LogP contribution in [0.1, 0.15) is 37.5 Å². The van der Waals surface area contributed by atoms with Crippen molar-refractivity contribution in [1.82, 2.24) is 0 Å². The molecule has 0 bridgehead atoms. The first-order valence-electron chi connectivity index (χ1n) is 10.9. The quantitative estimate of drug-likeness (QED) is 0.237. The van der Waals surface area contributed by atoms with Crippen molar-refractivity contribution in [2.45, 2.75) is 57.1 Å². The van der Waals surface area contributed by atoms with E-state index in [4.69, 9.17) is 0 Å². The van der Waals surface area contributed by atoms with Crippen molar-refractivity contribution in [3.63, 3.8) is 0 Å². The molecule has 0 N–H and O–H groups in total. The van der Waals surface area contributed by atoms with Crippen LogP contribution in [0.25, 0.3) is 22.3 Å². The molecular formula is C27H23F9. The molecule has 0 radical (unpaired) electrons. The van der Waals surface area contributed by atoms with Gasteiger partial charge in [-0.25, -0.2) is 8.78 Å². The highest BCUT2D eigenvalue weighted by Gasteiger charge is 2.76. The van der Waals surface area contributed by atoms with Crippen LogP contribution < -0.4 is 0 Å². The van der Waals surface area contributed by atoms with Crippen LogP contribution in [-0.2, 0) is 11.8 Å². The monoisotopic (exact) mass is 518 g/mol. The first kappa shape index (κ1) is 27.6. The lowest BCUT2D eigenvalue weighted by Gasteiger charge is -2.27. The van der Waals surface area contributed by atoms with Crippen LogP contribution in [0.2, 0.25) is 0 Å². The molecular weight excluding hydrogens is 495 g/mol. The summed E-state index contributed by atoms with van der Waals surface area (Å²) < 4.78 is 102. The summed E-state index contributed by atoms with van der Waals surface area (Å²) in [4.78, 5) is 0. The summed E-state index contributed by atoms with van der Waals surface area (Å²) in [6.45, 7) is 6.79. The molecule has 0 heterocycles. The molecule has 9 heteroatoms. The van der Waals surface area contributed by atoms with Gasteiger partial charge in [-0.2, -0.15) is 30.7 Å². The van der Waals surface area contributed by atoms with Crippen LogP contribution in [0, 0.1) is 0 Å². The third kappa shape index (κ3) is 5.11. The second kappa shape index (κ2) is 9.48. The minimum atomic E-state index is -6.73.